The number of esters is 1. The topological polar surface area (TPSA) is 126 Å². The van der Waals surface area contributed by atoms with Crippen LogP contribution >= 0.6 is 0 Å². The van der Waals surface area contributed by atoms with Crippen LogP contribution in [-0.4, -0.2) is 79.4 Å². The molecule has 0 saturated heterocycles. The predicted octanol–water partition coefficient (Wildman–Crippen LogP) is 3.22. The number of aliphatic hydroxyl groups is 1. The number of fused-ring (bicyclic) bond motifs is 4. The Morgan fingerprint density at radius 3 is 2.77 bits per heavy atom. The summed E-state index contributed by atoms with van der Waals surface area (Å²) in [6, 6.07) is 15.8. The number of aliphatic hydroxyl groups excluding tert-OH is 1. The van der Waals surface area contributed by atoms with Crippen LogP contribution in [0.1, 0.15) is 62.5 Å². The molecule has 3 N–H and O–H groups in total. The highest BCUT2D eigenvalue weighted by atomic mass is 16.5. The fraction of sp³-hybridized carbons (Fsp3) is 0.515. The highest BCUT2D eigenvalue weighted by Gasteiger charge is 2.37. The van der Waals surface area contributed by atoms with E-state index >= 15 is 0 Å². The van der Waals surface area contributed by atoms with Crippen LogP contribution in [0.25, 0.3) is 0 Å². The van der Waals surface area contributed by atoms with Gasteiger partial charge in [0.05, 0.1) is 32.2 Å². The Bertz CT molecular complexity index is 1250. The predicted molar refractivity (Wildman–Crippen MR) is 161 cm³/mol. The van der Waals surface area contributed by atoms with Crippen molar-refractivity contribution in [3.05, 3.63) is 59.7 Å². The first-order valence-electron chi connectivity index (χ1n) is 15.3. The van der Waals surface area contributed by atoms with E-state index in [9.17, 15) is 14.4 Å². The average Bonchev–Trinajstić information content (AvgIpc) is 3.38. The number of benzene rings is 2. The number of ether oxygens (including phenoxy) is 3. The van der Waals surface area contributed by atoms with E-state index in [0.29, 0.717) is 51.9 Å². The number of carbonyl (C=O) groups excluding carboxylic acids is 3. The summed E-state index contributed by atoms with van der Waals surface area (Å²) < 4.78 is 18.8. The molecule has 3 atom stereocenters. The molecule has 2 aliphatic rings. The summed E-state index contributed by atoms with van der Waals surface area (Å²) in [5.74, 6) is -0.375. The van der Waals surface area contributed by atoms with Gasteiger partial charge in [-0.25, -0.2) is 0 Å². The highest BCUT2D eigenvalue weighted by Crippen LogP contribution is 2.35. The number of nitrogens with one attached hydrogen (secondary N) is 2. The SMILES string of the molecule is CCOC(=O)C[C@@H](CCCc1ccc(OCCCO)cc1)C(=O)NC1COCCNC(=O)CCC2C=[N+]1c1ccccc12. The lowest BCUT2D eigenvalue weighted by Gasteiger charge is -2.21. The summed E-state index contributed by atoms with van der Waals surface area (Å²) in [5, 5.41) is 15.0. The van der Waals surface area contributed by atoms with Gasteiger partial charge in [0.2, 0.25) is 17.5 Å². The molecule has 2 unspecified atom stereocenters. The van der Waals surface area contributed by atoms with Crippen LogP contribution in [0.3, 0.4) is 0 Å². The van der Waals surface area contributed by atoms with E-state index < -0.39 is 18.1 Å². The molecular weight excluding hydrogens is 550 g/mol. The number of hydrogen-bond donors (Lipinski definition) is 3. The third kappa shape index (κ3) is 9.62. The molecule has 4 rings (SSSR count). The summed E-state index contributed by atoms with van der Waals surface area (Å²) in [4.78, 5) is 38.5. The Kier molecular flexibility index (Phi) is 12.5. The Balaban J connectivity index is 1.45. The first-order chi connectivity index (χ1) is 21.0. The maximum atomic E-state index is 13.8. The molecule has 0 radical (unpaired) electrons. The molecule has 0 saturated carbocycles. The smallest absolute Gasteiger partial charge is 0.306 e. The minimum Gasteiger partial charge on any atom is -0.494 e. The van der Waals surface area contributed by atoms with Gasteiger partial charge in [-0.2, -0.15) is 4.58 Å². The van der Waals surface area contributed by atoms with Gasteiger partial charge in [-0.1, -0.05) is 30.3 Å². The van der Waals surface area contributed by atoms with Crippen molar-refractivity contribution in [3.63, 3.8) is 0 Å². The largest absolute Gasteiger partial charge is 0.494 e. The maximum Gasteiger partial charge on any atom is 0.306 e. The zero-order chi connectivity index (χ0) is 30.4. The summed E-state index contributed by atoms with van der Waals surface area (Å²) in [6.07, 6.45) is 5.23. The summed E-state index contributed by atoms with van der Waals surface area (Å²) in [7, 11) is 0. The van der Waals surface area contributed by atoms with Gasteiger partial charge in [-0.05, 0) is 50.3 Å². The van der Waals surface area contributed by atoms with Crippen LogP contribution in [-0.2, 0) is 30.3 Å². The van der Waals surface area contributed by atoms with E-state index in [1.54, 1.807) is 6.92 Å². The number of hydrogen-bond acceptors (Lipinski definition) is 7. The molecule has 10 heteroatoms. The average molecular weight is 595 g/mol. The van der Waals surface area contributed by atoms with Crippen LogP contribution in [0.2, 0.25) is 0 Å². The molecule has 2 aromatic rings. The molecule has 0 spiro atoms. The zero-order valence-corrected chi connectivity index (χ0v) is 25.0. The fourth-order valence-electron chi connectivity index (χ4n) is 5.51. The van der Waals surface area contributed by atoms with Gasteiger partial charge in [0, 0.05) is 43.5 Å². The molecule has 0 fully saturated rings. The first-order valence-corrected chi connectivity index (χ1v) is 15.3. The van der Waals surface area contributed by atoms with Crippen LogP contribution in [0.4, 0.5) is 5.69 Å². The lowest BCUT2D eigenvalue weighted by Crippen LogP contribution is -2.47. The quantitative estimate of drug-likeness (QED) is 0.185. The number of carbonyl (C=O) groups is 3. The normalized spacial score (nSPS) is 19.1. The van der Waals surface area contributed by atoms with Gasteiger partial charge < -0.3 is 24.6 Å². The Morgan fingerprint density at radius 2 is 1.98 bits per heavy atom. The molecule has 2 amide bonds. The Labute approximate surface area is 253 Å². The number of rotatable bonds is 13. The lowest BCUT2D eigenvalue weighted by molar-refractivity contribution is -0.488. The van der Waals surface area contributed by atoms with Crippen LogP contribution in [0.5, 0.6) is 5.75 Å². The number of para-hydroxylation sites is 1. The Hall–Kier alpha value is -3.76. The van der Waals surface area contributed by atoms with E-state index in [1.165, 1.54) is 0 Å². The van der Waals surface area contributed by atoms with Crippen LogP contribution in [0.15, 0.2) is 48.5 Å². The molecule has 43 heavy (non-hydrogen) atoms. The molecule has 0 aromatic heterocycles. The third-order valence-corrected chi connectivity index (χ3v) is 7.73. The van der Waals surface area contributed by atoms with Crippen molar-refractivity contribution in [2.75, 3.05) is 39.6 Å². The summed E-state index contributed by atoms with van der Waals surface area (Å²) in [6.45, 7) is 3.52. The summed E-state index contributed by atoms with van der Waals surface area (Å²) >= 11 is 0. The lowest BCUT2D eigenvalue weighted by atomic mass is 9.95. The van der Waals surface area contributed by atoms with Gasteiger partial charge in [-0.15, -0.1) is 0 Å². The van der Waals surface area contributed by atoms with Crippen molar-refractivity contribution < 1.29 is 38.3 Å². The van der Waals surface area contributed by atoms with Crippen LogP contribution < -0.4 is 15.4 Å². The zero-order valence-electron chi connectivity index (χ0n) is 25.0. The van der Waals surface area contributed by atoms with Crippen molar-refractivity contribution in [1.82, 2.24) is 10.6 Å². The number of nitrogens with zero attached hydrogens (tertiary/aromatic N) is 1. The van der Waals surface area contributed by atoms with Crippen molar-refractivity contribution in [2.24, 2.45) is 5.92 Å². The van der Waals surface area contributed by atoms with E-state index in [4.69, 9.17) is 19.3 Å². The van der Waals surface area contributed by atoms with E-state index in [1.807, 2.05) is 47.0 Å². The van der Waals surface area contributed by atoms with Gasteiger partial charge >= 0.3 is 5.97 Å². The van der Waals surface area contributed by atoms with Crippen molar-refractivity contribution in [3.8, 4) is 5.75 Å². The fourth-order valence-corrected chi connectivity index (χ4v) is 5.51. The second-order valence-corrected chi connectivity index (χ2v) is 10.9. The monoisotopic (exact) mass is 594 g/mol. The molecule has 2 bridgehead atoms. The first kappa shape index (κ1) is 32.2. The second-order valence-electron chi connectivity index (χ2n) is 10.9. The van der Waals surface area contributed by atoms with E-state index in [0.717, 1.165) is 29.0 Å². The summed E-state index contributed by atoms with van der Waals surface area (Å²) in [5.41, 5.74) is 3.20. The highest BCUT2D eigenvalue weighted by molar-refractivity contribution is 5.84. The van der Waals surface area contributed by atoms with E-state index in [2.05, 4.69) is 22.9 Å². The second kappa shape index (κ2) is 16.8. The van der Waals surface area contributed by atoms with Gasteiger partial charge in [-0.3, -0.25) is 19.7 Å². The third-order valence-electron chi connectivity index (χ3n) is 7.73. The number of aryl methyl sites for hydroxylation is 1. The Morgan fingerprint density at radius 1 is 1.16 bits per heavy atom. The van der Waals surface area contributed by atoms with Gasteiger partial charge in [0.1, 0.15) is 12.4 Å². The van der Waals surface area contributed by atoms with E-state index in [-0.39, 0.29) is 44.0 Å². The standard InChI is InChI=1S/C33H43N3O7/c1-2-42-32(39)21-25(8-5-7-24-11-14-27(15-12-24)43-19-6-18-37)33(40)35-30-23-41-20-17-34-31(38)16-13-26-22-36(30)29-10-4-3-9-28(26)29/h3-4,9-12,14-15,22,25-26,30,37H,2,5-8,13,16-21,23H2,1H3,(H-,34,35,38,40)/p+1/t25-,26?,30?/m1/s1. The van der Waals surface area contributed by atoms with Gasteiger partial charge in [0.25, 0.3) is 6.17 Å². The maximum absolute atomic E-state index is 13.8. The molecule has 232 valence electrons. The van der Waals surface area contributed by atoms with Gasteiger partial charge in [0.15, 0.2) is 6.21 Å². The van der Waals surface area contributed by atoms with Crippen molar-refractivity contribution in [2.45, 2.75) is 64.0 Å². The molecule has 0 aliphatic carbocycles. The molecular formula is C33H44N3O7+. The minimum atomic E-state index is -0.561. The van der Waals surface area contributed by atoms with Crippen LogP contribution in [0, 0.1) is 5.92 Å². The van der Waals surface area contributed by atoms with Crippen molar-refractivity contribution >= 4 is 29.7 Å². The number of amides is 2. The molecule has 2 heterocycles. The molecule has 2 aromatic carbocycles. The van der Waals surface area contributed by atoms with Crippen molar-refractivity contribution in [1.29, 1.82) is 0 Å². The molecule has 2 aliphatic heterocycles. The molecule has 10 nitrogen and oxygen atoms in total. The minimum absolute atomic E-state index is 0.000155.